The Labute approximate surface area is 146 Å². The molecule has 4 nitrogen and oxygen atoms in total. The quantitative estimate of drug-likeness (QED) is 0.737. The lowest BCUT2D eigenvalue weighted by molar-refractivity contribution is 0.101. The number of hydrogen-bond donors (Lipinski definition) is 3. The molecule has 0 bridgehead atoms. The molecule has 1 saturated carbocycles. The molecular weight excluding hydrogens is 300 g/mol. The number of urea groups is 1. The number of carbonyl (C=O) groups excluding carboxylic acids is 1. The Kier molecular flexibility index (Phi) is 6.67. The van der Waals surface area contributed by atoms with Gasteiger partial charge < -0.3 is 15.7 Å². The molecule has 0 aliphatic heterocycles. The van der Waals surface area contributed by atoms with Crippen LogP contribution in [0.5, 0.6) is 0 Å². The molecule has 24 heavy (non-hydrogen) atoms. The van der Waals surface area contributed by atoms with E-state index in [1.54, 1.807) is 0 Å². The van der Waals surface area contributed by atoms with Crippen molar-refractivity contribution in [2.45, 2.75) is 71.3 Å². The van der Waals surface area contributed by atoms with Crippen molar-refractivity contribution in [3.8, 4) is 0 Å². The van der Waals surface area contributed by atoms with Crippen molar-refractivity contribution < 1.29 is 9.90 Å². The molecule has 0 spiro atoms. The Hall–Kier alpha value is -1.55. The average Bonchev–Trinajstić information content (AvgIpc) is 2.52. The lowest BCUT2D eigenvalue weighted by atomic mass is 9.87. The highest BCUT2D eigenvalue weighted by molar-refractivity contribution is 5.91. The van der Waals surface area contributed by atoms with Crippen molar-refractivity contribution in [2.75, 3.05) is 11.9 Å². The Balaban J connectivity index is 2.02. The summed E-state index contributed by atoms with van der Waals surface area (Å²) in [6, 6.07) is 6.09. The first-order valence-corrected chi connectivity index (χ1v) is 9.24. The smallest absolute Gasteiger partial charge is 0.319 e. The zero-order valence-corrected chi connectivity index (χ0v) is 15.4. The van der Waals surface area contributed by atoms with Gasteiger partial charge in [0, 0.05) is 12.2 Å². The number of aliphatic hydroxyl groups is 1. The number of para-hydroxylation sites is 1. The van der Waals surface area contributed by atoms with Crippen LogP contribution in [0.1, 0.15) is 76.3 Å². The highest BCUT2D eigenvalue weighted by Gasteiger charge is 2.21. The predicted octanol–water partition coefficient (Wildman–Crippen LogP) is 4.61. The highest BCUT2D eigenvalue weighted by Crippen LogP contribution is 2.32. The van der Waals surface area contributed by atoms with Crippen LogP contribution in [0.25, 0.3) is 0 Å². The van der Waals surface area contributed by atoms with Crippen molar-refractivity contribution in [2.24, 2.45) is 5.92 Å². The van der Waals surface area contributed by atoms with E-state index in [4.69, 9.17) is 0 Å². The second-order valence-electron chi connectivity index (χ2n) is 7.64. The Bertz CT molecular complexity index is 528. The van der Waals surface area contributed by atoms with Crippen LogP contribution in [0.15, 0.2) is 18.2 Å². The maximum Gasteiger partial charge on any atom is 0.319 e. The third-order valence-corrected chi connectivity index (χ3v) is 4.92. The second-order valence-corrected chi connectivity index (χ2v) is 7.64. The molecule has 2 rings (SSSR count). The van der Waals surface area contributed by atoms with E-state index in [1.807, 2.05) is 0 Å². The summed E-state index contributed by atoms with van der Waals surface area (Å²) in [5.41, 5.74) is 3.29. The first-order valence-electron chi connectivity index (χ1n) is 9.24. The van der Waals surface area contributed by atoms with Crippen LogP contribution < -0.4 is 10.6 Å². The van der Waals surface area contributed by atoms with Gasteiger partial charge in [-0.1, -0.05) is 52.3 Å². The monoisotopic (exact) mass is 332 g/mol. The van der Waals surface area contributed by atoms with E-state index in [9.17, 15) is 9.90 Å². The molecule has 2 atom stereocenters. The van der Waals surface area contributed by atoms with Crippen LogP contribution >= 0.6 is 0 Å². The summed E-state index contributed by atoms with van der Waals surface area (Å²) in [5, 5.41) is 15.8. The number of amides is 2. The van der Waals surface area contributed by atoms with E-state index in [-0.39, 0.29) is 12.1 Å². The standard InChI is InChI=1S/C20H32N2O2/c1-13(2)17-9-6-10-18(14(3)4)19(17)22-20(24)21-12-15-7-5-8-16(23)11-15/h6,9-10,13-16,23H,5,7-8,11-12H2,1-4H3,(H2,21,22,24). The minimum absolute atomic E-state index is 0.148. The number of benzene rings is 1. The van der Waals surface area contributed by atoms with Crippen molar-refractivity contribution in [3.63, 3.8) is 0 Å². The summed E-state index contributed by atoms with van der Waals surface area (Å²) >= 11 is 0. The fourth-order valence-electron chi connectivity index (χ4n) is 3.54. The third kappa shape index (κ3) is 4.97. The molecule has 1 aromatic carbocycles. The number of aliphatic hydroxyl groups excluding tert-OH is 1. The van der Waals surface area contributed by atoms with Crippen LogP contribution in [-0.2, 0) is 0 Å². The largest absolute Gasteiger partial charge is 0.393 e. The second kappa shape index (κ2) is 8.52. The molecule has 1 aromatic rings. The van der Waals surface area contributed by atoms with Crippen LogP contribution in [0.2, 0.25) is 0 Å². The summed E-state index contributed by atoms with van der Waals surface area (Å²) < 4.78 is 0. The van der Waals surface area contributed by atoms with Gasteiger partial charge in [0.25, 0.3) is 0 Å². The SMILES string of the molecule is CC(C)c1cccc(C(C)C)c1NC(=O)NCC1CCCC(O)C1. The van der Waals surface area contributed by atoms with Crippen LogP contribution in [0.4, 0.5) is 10.5 Å². The molecule has 1 aliphatic carbocycles. The number of nitrogens with one attached hydrogen (secondary N) is 2. The fourth-order valence-corrected chi connectivity index (χ4v) is 3.54. The molecule has 1 fully saturated rings. The molecule has 2 unspecified atom stereocenters. The molecule has 4 heteroatoms. The zero-order valence-electron chi connectivity index (χ0n) is 15.4. The molecule has 0 saturated heterocycles. The van der Waals surface area contributed by atoms with Gasteiger partial charge in [0.05, 0.1) is 6.10 Å². The maximum atomic E-state index is 12.4. The van der Waals surface area contributed by atoms with Gasteiger partial charge in [0.2, 0.25) is 0 Å². The number of hydrogen-bond acceptors (Lipinski definition) is 2. The topological polar surface area (TPSA) is 61.4 Å². The summed E-state index contributed by atoms with van der Waals surface area (Å²) in [5.74, 6) is 1.09. The van der Waals surface area contributed by atoms with Gasteiger partial charge in [-0.25, -0.2) is 4.79 Å². The highest BCUT2D eigenvalue weighted by atomic mass is 16.3. The van der Waals surface area contributed by atoms with Gasteiger partial charge in [-0.2, -0.15) is 0 Å². The summed E-state index contributed by atoms with van der Waals surface area (Å²) in [7, 11) is 0. The molecule has 3 N–H and O–H groups in total. The van der Waals surface area contributed by atoms with E-state index in [2.05, 4.69) is 56.5 Å². The van der Waals surface area contributed by atoms with Gasteiger partial charge in [0.1, 0.15) is 0 Å². The minimum atomic E-state index is -0.206. The van der Waals surface area contributed by atoms with E-state index in [1.165, 1.54) is 11.1 Å². The van der Waals surface area contributed by atoms with Gasteiger partial charge in [-0.3, -0.25) is 0 Å². The fraction of sp³-hybridized carbons (Fsp3) is 0.650. The maximum absolute atomic E-state index is 12.4. The third-order valence-electron chi connectivity index (χ3n) is 4.92. The van der Waals surface area contributed by atoms with E-state index < -0.39 is 0 Å². The zero-order chi connectivity index (χ0) is 17.7. The van der Waals surface area contributed by atoms with E-state index >= 15 is 0 Å². The number of anilines is 1. The summed E-state index contributed by atoms with van der Waals surface area (Å²) in [6.45, 7) is 9.21. The summed E-state index contributed by atoms with van der Waals surface area (Å²) in [4.78, 5) is 12.4. The van der Waals surface area contributed by atoms with Gasteiger partial charge in [-0.15, -0.1) is 0 Å². The molecule has 0 aromatic heterocycles. The average molecular weight is 332 g/mol. The Morgan fingerprint density at radius 3 is 2.33 bits per heavy atom. The van der Waals surface area contributed by atoms with Crippen molar-refractivity contribution in [1.29, 1.82) is 0 Å². The lowest BCUT2D eigenvalue weighted by Gasteiger charge is -2.26. The number of carbonyl (C=O) groups is 1. The normalized spacial score (nSPS) is 21.1. The summed E-state index contributed by atoms with van der Waals surface area (Å²) in [6.07, 6.45) is 3.60. The molecule has 0 radical (unpaired) electrons. The molecule has 0 heterocycles. The van der Waals surface area contributed by atoms with Gasteiger partial charge in [-0.05, 0) is 48.1 Å². The molecule has 134 valence electrons. The van der Waals surface area contributed by atoms with E-state index in [0.717, 1.165) is 31.4 Å². The van der Waals surface area contributed by atoms with Crippen molar-refractivity contribution in [1.82, 2.24) is 5.32 Å². The van der Waals surface area contributed by atoms with Crippen LogP contribution in [0, 0.1) is 5.92 Å². The van der Waals surface area contributed by atoms with Crippen molar-refractivity contribution in [3.05, 3.63) is 29.3 Å². The Morgan fingerprint density at radius 2 is 1.79 bits per heavy atom. The Morgan fingerprint density at radius 1 is 1.17 bits per heavy atom. The van der Waals surface area contributed by atoms with Crippen LogP contribution in [-0.4, -0.2) is 23.8 Å². The minimum Gasteiger partial charge on any atom is -0.393 e. The van der Waals surface area contributed by atoms with Gasteiger partial charge >= 0.3 is 6.03 Å². The molecule has 1 aliphatic rings. The van der Waals surface area contributed by atoms with Gasteiger partial charge in [0.15, 0.2) is 0 Å². The van der Waals surface area contributed by atoms with Crippen LogP contribution in [0.3, 0.4) is 0 Å². The first kappa shape index (κ1) is 18.8. The van der Waals surface area contributed by atoms with E-state index in [0.29, 0.717) is 24.3 Å². The van der Waals surface area contributed by atoms with Crippen molar-refractivity contribution >= 4 is 11.7 Å². The number of rotatable bonds is 5. The molecular formula is C20H32N2O2. The lowest BCUT2D eigenvalue weighted by Crippen LogP contribution is -2.36. The predicted molar refractivity (Wildman–Crippen MR) is 99.6 cm³/mol. The first-order chi connectivity index (χ1) is 11.4. The molecule has 2 amide bonds.